The molecule has 0 radical (unpaired) electrons. The fourth-order valence-corrected chi connectivity index (χ4v) is 3.43. The highest BCUT2D eigenvalue weighted by molar-refractivity contribution is 6.31. The Morgan fingerprint density at radius 3 is 2.76 bits per heavy atom. The van der Waals surface area contributed by atoms with Gasteiger partial charge in [0.05, 0.1) is 17.4 Å². The Hall–Kier alpha value is -2.37. The predicted octanol–water partition coefficient (Wildman–Crippen LogP) is 2.91. The van der Waals surface area contributed by atoms with Crippen LogP contribution in [0, 0.1) is 0 Å². The van der Waals surface area contributed by atoms with Gasteiger partial charge in [-0.2, -0.15) is 0 Å². The van der Waals surface area contributed by atoms with E-state index in [1.165, 1.54) is 0 Å². The van der Waals surface area contributed by atoms with Crippen molar-refractivity contribution >= 4 is 28.5 Å². The summed E-state index contributed by atoms with van der Waals surface area (Å²) in [6.45, 7) is 2.08. The number of carbonyl (C=O) groups is 1. The molecule has 6 heteroatoms. The lowest BCUT2D eigenvalue weighted by molar-refractivity contribution is 0.0791. The van der Waals surface area contributed by atoms with Gasteiger partial charge in [0.2, 0.25) is 0 Å². The molecule has 0 aliphatic carbocycles. The number of rotatable bonds is 3. The zero-order valence-corrected chi connectivity index (χ0v) is 14.5. The van der Waals surface area contributed by atoms with Crippen LogP contribution in [0.15, 0.2) is 48.8 Å². The molecule has 1 aliphatic heterocycles. The van der Waals surface area contributed by atoms with E-state index in [0.717, 1.165) is 29.6 Å². The van der Waals surface area contributed by atoms with Gasteiger partial charge in [-0.25, -0.2) is 4.98 Å². The monoisotopic (exact) mass is 354 g/mol. The Kier molecular flexibility index (Phi) is 4.19. The van der Waals surface area contributed by atoms with Crippen LogP contribution in [0.4, 0.5) is 0 Å². The molecule has 4 rings (SSSR count). The Balaban J connectivity index is 1.51. The van der Waals surface area contributed by atoms with Crippen LogP contribution in [-0.4, -0.2) is 39.5 Å². The van der Waals surface area contributed by atoms with E-state index in [0.29, 0.717) is 23.7 Å². The van der Waals surface area contributed by atoms with Gasteiger partial charge < -0.3 is 15.2 Å². The SMILES string of the molecule is N[C@H]1CCN(C(=O)c2ccc(Cn3cnc4cc(Cl)ccc43)cc2)C1. The van der Waals surface area contributed by atoms with Crippen molar-refractivity contribution in [3.8, 4) is 0 Å². The van der Waals surface area contributed by atoms with Gasteiger partial charge >= 0.3 is 0 Å². The number of likely N-dealkylation sites (tertiary alicyclic amines) is 1. The summed E-state index contributed by atoms with van der Waals surface area (Å²) in [6, 6.07) is 13.6. The fraction of sp³-hybridized carbons (Fsp3) is 0.263. The summed E-state index contributed by atoms with van der Waals surface area (Å²) >= 11 is 6.01. The third-order valence-electron chi connectivity index (χ3n) is 4.65. The zero-order chi connectivity index (χ0) is 17.4. The van der Waals surface area contributed by atoms with Crippen LogP contribution in [0.25, 0.3) is 11.0 Å². The van der Waals surface area contributed by atoms with E-state index in [4.69, 9.17) is 17.3 Å². The van der Waals surface area contributed by atoms with E-state index in [1.807, 2.05) is 53.7 Å². The first-order valence-electron chi connectivity index (χ1n) is 8.34. The van der Waals surface area contributed by atoms with E-state index < -0.39 is 0 Å². The molecule has 1 atom stereocenters. The van der Waals surface area contributed by atoms with E-state index in [2.05, 4.69) is 9.55 Å². The highest BCUT2D eigenvalue weighted by Gasteiger charge is 2.24. The van der Waals surface area contributed by atoms with Crippen LogP contribution in [0.2, 0.25) is 5.02 Å². The first-order chi connectivity index (χ1) is 12.1. The van der Waals surface area contributed by atoms with Gasteiger partial charge in [-0.05, 0) is 42.3 Å². The van der Waals surface area contributed by atoms with Gasteiger partial charge in [0, 0.05) is 36.3 Å². The minimum atomic E-state index is 0.0576. The summed E-state index contributed by atoms with van der Waals surface area (Å²) in [4.78, 5) is 18.7. The largest absolute Gasteiger partial charge is 0.337 e. The van der Waals surface area contributed by atoms with Crippen molar-refractivity contribution in [2.24, 2.45) is 5.73 Å². The van der Waals surface area contributed by atoms with Gasteiger partial charge in [0.1, 0.15) is 0 Å². The molecule has 128 valence electrons. The van der Waals surface area contributed by atoms with Gasteiger partial charge in [0.15, 0.2) is 0 Å². The standard InChI is InChI=1S/C19H19ClN4O/c20-15-5-6-18-17(9-15)22-12-24(18)10-13-1-3-14(4-2-13)19(25)23-8-7-16(21)11-23/h1-6,9,12,16H,7-8,10-11,21H2/t16-/m0/s1. The third kappa shape index (κ3) is 3.25. The van der Waals surface area contributed by atoms with Crippen molar-refractivity contribution in [1.82, 2.24) is 14.5 Å². The number of benzene rings is 2. The van der Waals surface area contributed by atoms with E-state index >= 15 is 0 Å². The average molecular weight is 355 g/mol. The smallest absolute Gasteiger partial charge is 0.253 e. The first-order valence-corrected chi connectivity index (χ1v) is 8.72. The van der Waals surface area contributed by atoms with Crippen LogP contribution < -0.4 is 5.73 Å². The summed E-state index contributed by atoms with van der Waals surface area (Å²) in [5.74, 6) is 0.0576. The number of aromatic nitrogens is 2. The average Bonchev–Trinajstić information content (AvgIpc) is 3.21. The number of hydrogen-bond acceptors (Lipinski definition) is 3. The fourth-order valence-electron chi connectivity index (χ4n) is 3.27. The molecule has 2 aromatic carbocycles. The number of hydrogen-bond donors (Lipinski definition) is 1. The Morgan fingerprint density at radius 1 is 1.24 bits per heavy atom. The second kappa shape index (κ2) is 6.50. The number of fused-ring (bicyclic) bond motifs is 1. The molecule has 5 nitrogen and oxygen atoms in total. The highest BCUT2D eigenvalue weighted by atomic mass is 35.5. The van der Waals surface area contributed by atoms with E-state index in [1.54, 1.807) is 0 Å². The predicted molar refractivity (Wildman–Crippen MR) is 98.8 cm³/mol. The summed E-state index contributed by atoms with van der Waals surface area (Å²) in [7, 11) is 0. The molecule has 3 aromatic rings. The summed E-state index contributed by atoms with van der Waals surface area (Å²) in [6.07, 6.45) is 2.69. The van der Waals surface area contributed by atoms with Gasteiger partial charge in [-0.3, -0.25) is 4.79 Å². The lowest BCUT2D eigenvalue weighted by Crippen LogP contribution is -2.31. The van der Waals surface area contributed by atoms with Gasteiger partial charge in [0.25, 0.3) is 5.91 Å². The molecular formula is C19H19ClN4O. The van der Waals surface area contributed by atoms with Crippen LogP contribution in [-0.2, 0) is 6.54 Å². The van der Waals surface area contributed by atoms with Gasteiger partial charge in [-0.15, -0.1) is 0 Å². The molecule has 1 saturated heterocycles. The van der Waals surface area contributed by atoms with Crippen molar-refractivity contribution < 1.29 is 4.79 Å². The summed E-state index contributed by atoms with van der Waals surface area (Å²) < 4.78 is 2.07. The number of amides is 1. The topological polar surface area (TPSA) is 64.2 Å². The highest BCUT2D eigenvalue weighted by Crippen LogP contribution is 2.20. The Labute approximate surface area is 151 Å². The normalized spacial score (nSPS) is 17.4. The number of halogens is 1. The first kappa shape index (κ1) is 16.1. The molecule has 1 amide bonds. The van der Waals surface area contributed by atoms with Gasteiger partial charge in [-0.1, -0.05) is 23.7 Å². The Morgan fingerprint density at radius 2 is 2.04 bits per heavy atom. The van der Waals surface area contributed by atoms with E-state index in [9.17, 15) is 4.79 Å². The molecule has 0 spiro atoms. The lowest BCUT2D eigenvalue weighted by atomic mass is 10.1. The van der Waals surface area contributed by atoms with Crippen LogP contribution in [0.1, 0.15) is 22.3 Å². The molecule has 0 saturated carbocycles. The van der Waals surface area contributed by atoms with Crippen LogP contribution in [0.3, 0.4) is 0 Å². The maximum atomic E-state index is 12.5. The molecule has 2 N–H and O–H groups in total. The summed E-state index contributed by atoms with van der Waals surface area (Å²) in [5.41, 5.74) is 9.62. The van der Waals surface area contributed by atoms with Crippen molar-refractivity contribution in [2.75, 3.05) is 13.1 Å². The van der Waals surface area contributed by atoms with Crippen molar-refractivity contribution in [2.45, 2.75) is 19.0 Å². The maximum absolute atomic E-state index is 12.5. The second-order valence-electron chi connectivity index (χ2n) is 6.50. The number of nitrogens with zero attached hydrogens (tertiary/aromatic N) is 3. The number of nitrogens with two attached hydrogens (primary N) is 1. The minimum Gasteiger partial charge on any atom is -0.337 e. The number of carbonyl (C=O) groups excluding carboxylic acids is 1. The minimum absolute atomic E-state index is 0.0576. The van der Waals surface area contributed by atoms with E-state index in [-0.39, 0.29) is 11.9 Å². The Bertz CT molecular complexity index is 919. The molecule has 25 heavy (non-hydrogen) atoms. The molecule has 1 aromatic heterocycles. The third-order valence-corrected chi connectivity index (χ3v) is 4.88. The van der Waals surface area contributed by atoms with Crippen molar-refractivity contribution in [3.63, 3.8) is 0 Å². The molecule has 0 unspecified atom stereocenters. The second-order valence-corrected chi connectivity index (χ2v) is 6.94. The molecule has 0 bridgehead atoms. The van der Waals surface area contributed by atoms with Crippen LogP contribution >= 0.6 is 11.6 Å². The summed E-state index contributed by atoms with van der Waals surface area (Å²) in [5, 5.41) is 0.683. The van der Waals surface area contributed by atoms with Crippen molar-refractivity contribution in [3.05, 3.63) is 64.9 Å². The maximum Gasteiger partial charge on any atom is 0.253 e. The molecule has 2 heterocycles. The molecular weight excluding hydrogens is 336 g/mol. The molecule has 1 fully saturated rings. The zero-order valence-electron chi connectivity index (χ0n) is 13.7. The lowest BCUT2D eigenvalue weighted by Gasteiger charge is -2.16. The van der Waals surface area contributed by atoms with Crippen LogP contribution in [0.5, 0.6) is 0 Å². The molecule has 1 aliphatic rings. The number of imidazole rings is 1. The van der Waals surface area contributed by atoms with Crippen molar-refractivity contribution in [1.29, 1.82) is 0 Å². The quantitative estimate of drug-likeness (QED) is 0.786.